The summed E-state index contributed by atoms with van der Waals surface area (Å²) >= 11 is 5.95. The monoisotopic (exact) mass is 274 g/mol. The van der Waals surface area contributed by atoms with Crippen molar-refractivity contribution in [2.45, 2.75) is 13.8 Å². The second kappa shape index (κ2) is 5.33. The highest BCUT2D eigenvalue weighted by molar-refractivity contribution is 6.31. The second-order valence-electron chi connectivity index (χ2n) is 4.54. The molecule has 2 aromatic carbocycles. The van der Waals surface area contributed by atoms with Crippen LogP contribution < -0.4 is 11.1 Å². The van der Waals surface area contributed by atoms with Crippen LogP contribution in [0.25, 0.3) is 0 Å². The molecular weight excluding hydrogens is 260 g/mol. The minimum Gasteiger partial charge on any atom is -0.399 e. The Morgan fingerprint density at radius 3 is 2.53 bits per heavy atom. The maximum atomic E-state index is 12.1. The van der Waals surface area contributed by atoms with Gasteiger partial charge in [-0.3, -0.25) is 4.79 Å². The molecule has 0 aliphatic heterocycles. The first-order valence-electron chi connectivity index (χ1n) is 5.90. The molecule has 0 aliphatic carbocycles. The summed E-state index contributed by atoms with van der Waals surface area (Å²) in [6.07, 6.45) is 0. The molecule has 1 amide bonds. The fourth-order valence-electron chi connectivity index (χ4n) is 1.82. The van der Waals surface area contributed by atoms with Crippen LogP contribution in [0.3, 0.4) is 0 Å². The van der Waals surface area contributed by atoms with Crippen molar-refractivity contribution in [3.05, 3.63) is 58.1 Å². The van der Waals surface area contributed by atoms with Gasteiger partial charge in [0.2, 0.25) is 0 Å². The van der Waals surface area contributed by atoms with Gasteiger partial charge in [0.05, 0.1) is 0 Å². The van der Waals surface area contributed by atoms with Crippen molar-refractivity contribution < 1.29 is 4.79 Å². The van der Waals surface area contributed by atoms with Crippen LogP contribution in [0, 0.1) is 13.8 Å². The van der Waals surface area contributed by atoms with Crippen molar-refractivity contribution in [1.29, 1.82) is 0 Å². The van der Waals surface area contributed by atoms with Gasteiger partial charge in [0.15, 0.2) is 0 Å². The highest BCUT2D eigenvalue weighted by Gasteiger charge is 2.08. The molecule has 0 unspecified atom stereocenters. The van der Waals surface area contributed by atoms with Crippen LogP contribution in [-0.4, -0.2) is 5.91 Å². The van der Waals surface area contributed by atoms with E-state index in [0.717, 1.165) is 11.1 Å². The quantitative estimate of drug-likeness (QED) is 0.819. The Hall–Kier alpha value is -2.00. The average molecular weight is 275 g/mol. The Labute approximate surface area is 117 Å². The summed E-state index contributed by atoms with van der Waals surface area (Å²) in [5, 5.41) is 3.38. The van der Waals surface area contributed by atoms with Crippen molar-refractivity contribution in [3.8, 4) is 0 Å². The summed E-state index contributed by atoms with van der Waals surface area (Å²) in [5.41, 5.74) is 9.58. The molecule has 0 spiro atoms. The zero-order valence-electron chi connectivity index (χ0n) is 10.8. The van der Waals surface area contributed by atoms with E-state index in [-0.39, 0.29) is 5.91 Å². The Kier molecular flexibility index (Phi) is 3.76. The van der Waals surface area contributed by atoms with Crippen molar-refractivity contribution in [2.24, 2.45) is 0 Å². The number of rotatable bonds is 2. The first-order chi connectivity index (χ1) is 8.95. The summed E-state index contributed by atoms with van der Waals surface area (Å²) < 4.78 is 0. The smallest absolute Gasteiger partial charge is 0.255 e. The number of nitrogens with one attached hydrogen (secondary N) is 1. The van der Waals surface area contributed by atoms with Gasteiger partial charge in [-0.1, -0.05) is 11.6 Å². The molecule has 4 heteroatoms. The molecule has 3 N–H and O–H groups in total. The molecule has 0 aliphatic rings. The third-order valence-corrected chi connectivity index (χ3v) is 3.05. The second-order valence-corrected chi connectivity index (χ2v) is 4.98. The first kappa shape index (κ1) is 13.4. The largest absolute Gasteiger partial charge is 0.399 e. The summed E-state index contributed by atoms with van der Waals surface area (Å²) in [4.78, 5) is 12.1. The van der Waals surface area contributed by atoms with Crippen molar-refractivity contribution >= 4 is 28.9 Å². The fraction of sp³-hybridized carbons (Fsp3) is 0.133. The summed E-state index contributed by atoms with van der Waals surface area (Å²) in [5.74, 6) is -0.185. The lowest BCUT2D eigenvalue weighted by atomic mass is 10.1. The number of carbonyl (C=O) groups excluding carboxylic acids is 1. The van der Waals surface area contributed by atoms with E-state index in [0.29, 0.717) is 22.0 Å². The molecule has 2 aromatic rings. The van der Waals surface area contributed by atoms with Gasteiger partial charge in [-0.05, 0) is 61.4 Å². The van der Waals surface area contributed by atoms with Crippen LogP contribution in [0.4, 0.5) is 11.4 Å². The zero-order chi connectivity index (χ0) is 14.0. The normalized spacial score (nSPS) is 10.3. The molecule has 0 radical (unpaired) electrons. The molecule has 0 aromatic heterocycles. The van der Waals surface area contributed by atoms with Crippen LogP contribution >= 0.6 is 11.6 Å². The lowest BCUT2D eigenvalue weighted by Crippen LogP contribution is -2.12. The van der Waals surface area contributed by atoms with Crippen LogP contribution in [0.15, 0.2) is 36.4 Å². The molecule has 0 atom stereocenters. The predicted molar refractivity (Wildman–Crippen MR) is 79.7 cm³/mol. The molecule has 98 valence electrons. The number of aryl methyl sites for hydroxylation is 2. The number of halogens is 1. The number of amides is 1. The van der Waals surface area contributed by atoms with Gasteiger partial charge in [0.1, 0.15) is 0 Å². The minimum atomic E-state index is -0.185. The maximum absolute atomic E-state index is 12.1. The van der Waals surface area contributed by atoms with E-state index in [9.17, 15) is 4.79 Å². The predicted octanol–water partition coefficient (Wildman–Crippen LogP) is 3.79. The SMILES string of the molecule is Cc1cc(Cl)cc(C(=O)Nc2ccc(N)c(C)c2)c1. The molecule has 0 heterocycles. The van der Waals surface area contributed by atoms with Crippen molar-refractivity contribution in [1.82, 2.24) is 0 Å². The van der Waals surface area contributed by atoms with Gasteiger partial charge in [-0.25, -0.2) is 0 Å². The van der Waals surface area contributed by atoms with E-state index in [1.165, 1.54) is 0 Å². The Balaban J connectivity index is 2.22. The maximum Gasteiger partial charge on any atom is 0.255 e. The van der Waals surface area contributed by atoms with Crippen molar-refractivity contribution in [2.75, 3.05) is 11.1 Å². The fourth-order valence-corrected chi connectivity index (χ4v) is 2.11. The number of anilines is 2. The number of benzene rings is 2. The molecule has 0 bridgehead atoms. The van der Waals surface area contributed by atoms with E-state index >= 15 is 0 Å². The standard InChI is InChI=1S/C15H15ClN2O/c1-9-5-11(8-12(16)6-9)15(19)18-13-3-4-14(17)10(2)7-13/h3-8H,17H2,1-2H3,(H,18,19). The number of nitrogens with two attached hydrogens (primary N) is 1. The van der Waals surface area contributed by atoms with Crippen LogP contribution in [-0.2, 0) is 0 Å². The van der Waals surface area contributed by atoms with E-state index in [4.69, 9.17) is 17.3 Å². The summed E-state index contributed by atoms with van der Waals surface area (Å²) in [6.45, 7) is 3.80. The van der Waals surface area contributed by atoms with Crippen molar-refractivity contribution in [3.63, 3.8) is 0 Å². The molecule has 0 fully saturated rings. The van der Waals surface area contributed by atoms with Crippen LogP contribution in [0.2, 0.25) is 5.02 Å². The molecular formula is C15H15ClN2O. The number of hydrogen-bond donors (Lipinski definition) is 2. The third-order valence-electron chi connectivity index (χ3n) is 2.83. The average Bonchev–Trinajstić information content (AvgIpc) is 2.32. The molecule has 3 nitrogen and oxygen atoms in total. The van der Waals surface area contributed by atoms with Gasteiger partial charge < -0.3 is 11.1 Å². The van der Waals surface area contributed by atoms with Gasteiger partial charge in [-0.2, -0.15) is 0 Å². The highest BCUT2D eigenvalue weighted by atomic mass is 35.5. The number of nitrogen functional groups attached to an aromatic ring is 1. The van der Waals surface area contributed by atoms with E-state index in [1.807, 2.05) is 26.0 Å². The Morgan fingerprint density at radius 2 is 1.89 bits per heavy atom. The molecule has 0 saturated heterocycles. The lowest BCUT2D eigenvalue weighted by Gasteiger charge is -2.08. The summed E-state index contributed by atoms with van der Waals surface area (Å²) in [7, 11) is 0. The van der Waals surface area contributed by atoms with E-state index < -0.39 is 0 Å². The Morgan fingerprint density at radius 1 is 1.16 bits per heavy atom. The van der Waals surface area contributed by atoms with Gasteiger partial charge in [-0.15, -0.1) is 0 Å². The number of hydrogen-bond acceptors (Lipinski definition) is 2. The van der Waals surface area contributed by atoms with Gasteiger partial charge >= 0.3 is 0 Å². The number of carbonyl (C=O) groups is 1. The van der Waals surface area contributed by atoms with E-state index in [2.05, 4.69) is 5.32 Å². The molecule has 19 heavy (non-hydrogen) atoms. The van der Waals surface area contributed by atoms with Gasteiger partial charge in [0, 0.05) is 22.0 Å². The van der Waals surface area contributed by atoms with Crippen LogP contribution in [0.5, 0.6) is 0 Å². The van der Waals surface area contributed by atoms with Crippen LogP contribution in [0.1, 0.15) is 21.5 Å². The highest BCUT2D eigenvalue weighted by Crippen LogP contribution is 2.19. The third kappa shape index (κ3) is 3.26. The minimum absolute atomic E-state index is 0.185. The molecule has 0 saturated carbocycles. The lowest BCUT2D eigenvalue weighted by molar-refractivity contribution is 0.102. The zero-order valence-corrected chi connectivity index (χ0v) is 11.6. The Bertz CT molecular complexity index is 618. The topological polar surface area (TPSA) is 55.1 Å². The summed E-state index contributed by atoms with van der Waals surface area (Å²) in [6, 6.07) is 10.6. The first-order valence-corrected chi connectivity index (χ1v) is 6.28. The molecule has 2 rings (SSSR count). The van der Waals surface area contributed by atoms with E-state index in [1.54, 1.807) is 24.3 Å². The van der Waals surface area contributed by atoms with Gasteiger partial charge in [0.25, 0.3) is 5.91 Å².